The lowest BCUT2D eigenvalue weighted by Gasteiger charge is -2.33. The molecule has 1 aromatic rings. The first-order valence-electron chi connectivity index (χ1n) is 8.76. The summed E-state index contributed by atoms with van der Waals surface area (Å²) >= 11 is 0. The molecule has 2 fully saturated rings. The molecule has 0 unspecified atom stereocenters. The smallest absolute Gasteiger partial charge is 0.236 e. The minimum absolute atomic E-state index is 0.0363. The van der Waals surface area contributed by atoms with Gasteiger partial charge in [-0.3, -0.25) is 14.5 Å². The Morgan fingerprint density at radius 1 is 1.08 bits per heavy atom. The van der Waals surface area contributed by atoms with Crippen molar-refractivity contribution in [2.75, 3.05) is 51.3 Å². The number of ether oxygens (including phenoxy) is 1. The summed E-state index contributed by atoms with van der Waals surface area (Å²) in [6.45, 7) is 4.42. The number of carbonyl (C=O) groups excluding carboxylic acids is 2. The van der Waals surface area contributed by atoms with Gasteiger partial charge in [0.05, 0.1) is 19.8 Å². The molecule has 0 bridgehead atoms. The van der Waals surface area contributed by atoms with Crippen LogP contribution in [-0.2, 0) is 14.3 Å². The van der Waals surface area contributed by atoms with E-state index in [0.29, 0.717) is 38.5 Å². The molecule has 2 amide bonds. The number of amides is 2. The second kappa shape index (κ2) is 8.40. The Labute approximate surface area is 146 Å². The van der Waals surface area contributed by atoms with E-state index in [-0.39, 0.29) is 23.5 Å². The normalized spacial score (nSPS) is 19.6. The van der Waals surface area contributed by atoms with Crippen LogP contribution in [0.4, 0.5) is 10.1 Å². The third kappa shape index (κ3) is 4.99. The molecule has 2 aliphatic rings. The van der Waals surface area contributed by atoms with Gasteiger partial charge in [-0.15, -0.1) is 0 Å². The highest BCUT2D eigenvalue weighted by Gasteiger charge is 2.27. The Bertz CT molecular complexity index is 594. The van der Waals surface area contributed by atoms with E-state index in [1.807, 2.05) is 4.90 Å². The maximum absolute atomic E-state index is 12.9. The second-order valence-corrected chi connectivity index (χ2v) is 6.54. The number of nitrogens with zero attached hydrogens (tertiary/aromatic N) is 2. The van der Waals surface area contributed by atoms with Crippen molar-refractivity contribution in [2.24, 2.45) is 5.92 Å². The van der Waals surface area contributed by atoms with Crippen molar-refractivity contribution >= 4 is 17.5 Å². The molecule has 0 aliphatic carbocycles. The van der Waals surface area contributed by atoms with E-state index in [0.717, 1.165) is 25.9 Å². The zero-order valence-electron chi connectivity index (χ0n) is 14.2. The molecule has 1 N–H and O–H groups in total. The van der Waals surface area contributed by atoms with Crippen molar-refractivity contribution in [3.8, 4) is 0 Å². The van der Waals surface area contributed by atoms with Gasteiger partial charge in [-0.25, -0.2) is 4.39 Å². The third-order valence-electron chi connectivity index (χ3n) is 4.79. The summed E-state index contributed by atoms with van der Waals surface area (Å²) in [5.74, 6) is -0.292. The van der Waals surface area contributed by atoms with E-state index in [1.54, 1.807) is 12.1 Å². The van der Waals surface area contributed by atoms with Crippen LogP contribution in [0.2, 0.25) is 0 Å². The number of morpholine rings is 1. The summed E-state index contributed by atoms with van der Waals surface area (Å²) in [6.07, 6.45) is 1.45. The van der Waals surface area contributed by atoms with E-state index < -0.39 is 0 Å². The summed E-state index contributed by atoms with van der Waals surface area (Å²) in [5, 5.41) is 2.83. The molecule has 0 saturated carbocycles. The highest BCUT2D eigenvalue weighted by atomic mass is 19.1. The standard InChI is InChI=1S/C18H24FN3O3/c19-15-1-3-16(4-2-15)20-18(24)14-5-7-21(8-6-14)13-17(23)22-9-11-25-12-10-22/h1-4,14H,5-13H2,(H,20,24). The zero-order valence-corrected chi connectivity index (χ0v) is 14.2. The van der Waals surface area contributed by atoms with Crippen LogP contribution < -0.4 is 5.32 Å². The largest absolute Gasteiger partial charge is 0.378 e. The molecular weight excluding hydrogens is 325 g/mol. The van der Waals surface area contributed by atoms with E-state index in [9.17, 15) is 14.0 Å². The monoisotopic (exact) mass is 349 g/mol. The zero-order chi connectivity index (χ0) is 17.6. The molecule has 1 aromatic carbocycles. The Balaban J connectivity index is 1.42. The lowest BCUT2D eigenvalue weighted by molar-refractivity contribution is -0.136. The number of carbonyl (C=O) groups is 2. The number of halogens is 1. The number of benzene rings is 1. The number of anilines is 1. The minimum Gasteiger partial charge on any atom is -0.378 e. The average molecular weight is 349 g/mol. The fourth-order valence-corrected chi connectivity index (χ4v) is 3.23. The molecule has 2 saturated heterocycles. The first-order chi connectivity index (χ1) is 12.1. The predicted octanol–water partition coefficient (Wildman–Crippen LogP) is 1.33. The molecule has 0 radical (unpaired) electrons. The fourth-order valence-electron chi connectivity index (χ4n) is 3.23. The molecule has 25 heavy (non-hydrogen) atoms. The van der Waals surface area contributed by atoms with Crippen molar-refractivity contribution in [2.45, 2.75) is 12.8 Å². The quantitative estimate of drug-likeness (QED) is 0.891. The van der Waals surface area contributed by atoms with Gasteiger partial charge in [0.2, 0.25) is 11.8 Å². The van der Waals surface area contributed by atoms with Gasteiger partial charge in [-0.05, 0) is 50.2 Å². The summed E-state index contributed by atoms with van der Waals surface area (Å²) < 4.78 is 18.2. The van der Waals surface area contributed by atoms with Crippen molar-refractivity contribution in [1.82, 2.24) is 9.80 Å². The van der Waals surface area contributed by atoms with E-state index >= 15 is 0 Å². The van der Waals surface area contributed by atoms with Crippen LogP contribution in [0.25, 0.3) is 0 Å². The number of hydrogen-bond donors (Lipinski definition) is 1. The van der Waals surface area contributed by atoms with Gasteiger partial charge < -0.3 is 15.0 Å². The van der Waals surface area contributed by atoms with Gasteiger partial charge in [0.1, 0.15) is 5.82 Å². The van der Waals surface area contributed by atoms with Crippen LogP contribution in [0.5, 0.6) is 0 Å². The fraction of sp³-hybridized carbons (Fsp3) is 0.556. The van der Waals surface area contributed by atoms with Gasteiger partial charge in [0.25, 0.3) is 0 Å². The van der Waals surface area contributed by atoms with Crippen LogP contribution in [0.1, 0.15) is 12.8 Å². The molecule has 3 rings (SSSR count). The Hall–Kier alpha value is -1.99. The van der Waals surface area contributed by atoms with Gasteiger partial charge in [0, 0.05) is 24.7 Å². The average Bonchev–Trinajstić information content (AvgIpc) is 2.65. The molecule has 7 heteroatoms. The van der Waals surface area contributed by atoms with Crippen molar-refractivity contribution < 1.29 is 18.7 Å². The Morgan fingerprint density at radius 3 is 2.36 bits per heavy atom. The van der Waals surface area contributed by atoms with Crippen molar-refractivity contribution in [3.63, 3.8) is 0 Å². The molecule has 0 aromatic heterocycles. The minimum atomic E-state index is -0.323. The van der Waals surface area contributed by atoms with Crippen molar-refractivity contribution in [1.29, 1.82) is 0 Å². The molecule has 2 heterocycles. The maximum Gasteiger partial charge on any atom is 0.236 e. The van der Waals surface area contributed by atoms with E-state index in [2.05, 4.69) is 10.2 Å². The lowest BCUT2D eigenvalue weighted by Crippen LogP contribution is -2.48. The van der Waals surface area contributed by atoms with Gasteiger partial charge in [-0.1, -0.05) is 0 Å². The molecule has 136 valence electrons. The number of likely N-dealkylation sites (tertiary alicyclic amines) is 1. The number of nitrogens with one attached hydrogen (secondary N) is 1. The maximum atomic E-state index is 12.9. The molecular formula is C18H24FN3O3. The first kappa shape index (κ1) is 17.8. The molecule has 6 nitrogen and oxygen atoms in total. The van der Waals surface area contributed by atoms with Crippen LogP contribution in [0.15, 0.2) is 24.3 Å². The highest BCUT2D eigenvalue weighted by molar-refractivity contribution is 5.92. The lowest BCUT2D eigenvalue weighted by atomic mass is 9.95. The number of hydrogen-bond acceptors (Lipinski definition) is 4. The molecule has 0 atom stereocenters. The van der Waals surface area contributed by atoms with Crippen molar-refractivity contribution in [3.05, 3.63) is 30.1 Å². The molecule has 0 spiro atoms. The van der Waals surface area contributed by atoms with Gasteiger partial charge in [0.15, 0.2) is 0 Å². The summed E-state index contributed by atoms with van der Waals surface area (Å²) in [7, 11) is 0. The Morgan fingerprint density at radius 2 is 1.72 bits per heavy atom. The predicted molar refractivity (Wildman–Crippen MR) is 91.6 cm³/mol. The molecule has 2 aliphatic heterocycles. The Kier molecular flexibility index (Phi) is 5.99. The van der Waals surface area contributed by atoms with Crippen LogP contribution in [0.3, 0.4) is 0 Å². The summed E-state index contributed by atoms with van der Waals surface area (Å²) in [4.78, 5) is 28.5. The topological polar surface area (TPSA) is 61.9 Å². The number of piperidine rings is 1. The third-order valence-corrected chi connectivity index (χ3v) is 4.79. The van der Waals surface area contributed by atoms with Gasteiger partial charge in [-0.2, -0.15) is 0 Å². The van der Waals surface area contributed by atoms with Crippen LogP contribution >= 0.6 is 0 Å². The van der Waals surface area contributed by atoms with Crippen LogP contribution in [0, 0.1) is 11.7 Å². The van der Waals surface area contributed by atoms with E-state index in [1.165, 1.54) is 12.1 Å². The summed E-state index contributed by atoms with van der Waals surface area (Å²) in [6, 6.07) is 5.78. The van der Waals surface area contributed by atoms with Gasteiger partial charge >= 0.3 is 0 Å². The first-order valence-corrected chi connectivity index (χ1v) is 8.76. The SMILES string of the molecule is O=C(Nc1ccc(F)cc1)C1CCN(CC(=O)N2CCOCC2)CC1. The summed E-state index contributed by atoms with van der Waals surface area (Å²) in [5.41, 5.74) is 0.608. The highest BCUT2D eigenvalue weighted by Crippen LogP contribution is 2.20. The van der Waals surface area contributed by atoms with Crippen LogP contribution in [-0.4, -0.2) is 67.6 Å². The number of rotatable bonds is 4. The van der Waals surface area contributed by atoms with E-state index in [4.69, 9.17) is 4.74 Å². The second-order valence-electron chi connectivity index (χ2n) is 6.54.